The molecular weight excluding hydrogens is 326 g/mol. The number of carbonyl (C=O) groups excluding carboxylic acids is 1. The van der Waals surface area contributed by atoms with E-state index >= 15 is 0 Å². The SMILES string of the molecule is CN=C(NCc1ccc(N2CCCC2=O)cc1)N(C)Cc1cccn1C. The average molecular weight is 353 g/mol. The molecule has 1 aliphatic heterocycles. The van der Waals surface area contributed by atoms with Crippen molar-refractivity contribution in [3.05, 3.63) is 53.9 Å². The number of nitrogens with zero attached hydrogens (tertiary/aromatic N) is 4. The van der Waals surface area contributed by atoms with Crippen LogP contribution in [-0.4, -0.2) is 42.0 Å². The van der Waals surface area contributed by atoms with Gasteiger partial charge in [-0.2, -0.15) is 0 Å². The molecule has 1 aromatic heterocycles. The van der Waals surface area contributed by atoms with Gasteiger partial charge in [-0.05, 0) is 36.2 Å². The molecular formula is C20H27N5O. The van der Waals surface area contributed by atoms with E-state index in [0.29, 0.717) is 13.0 Å². The van der Waals surface area contributed by atoms with E-state index in [9.17, 15) is 4.79 Å². The monoisotopic (exact) mass is 353 g/mol. The highest BCUT2D eigenvalue weighted by Gasteiger charge is 2.21. The molecule has 138 valence electrons. The fourth-order valence-corrected chi connectivity index (χ4v) is 3.26. The maximum absolute atomic E-state index is 11.8. The zero-order valence-electron chi connectivity index (χ0n) is 15.8. The fourth-order valence-electron chi connectivity index (χ4n) is 3.26. The molecule has 0 aliphatic carbocycles. The van der Waals surface area contributed by atoms with Crippen molar-refractivity contribution in [2.75, 3.05) is 25.5 Å². The number of anilines is 1. The molecule has 6 heteroatoms. The summed E-state index contributed by atoms with van der Waals surface area (Å²) in [6.45, 7) is 2.31. The first-order valence-corrected chi connectivity index (χ1v) is 9.00. The largest absolute Gasteiger partial charge is 0.353 e. The van der Waals surface area contributed by atoms with E-state index in [-0.39, 0.29) is 5.91 Å². The van der Waals surface area contributed by atoms with Crippen LogP contribution < -0.4 is 10.2 Å². The van der Waals surface area contributed by atoms with Gasteiger partial charge in [0.1, 0.15) is 0 Å². The van der Waals surface area contributed by atoms with Crippen molar-refractivity contribution in [1.82, 2.24) is 14.8 Å². The second-order valence-electron chi connectivity index (χ2n) is 6.68. The Morgan fingerprint density at radius 3 is 2.62 bits per heavy atom. The van der Waals surface area contributed by atoms with E-state index < -0.39 is 0 Å². The van der Waals surface area contributed by atoms with Crippen molar-refractivity contribution in [3.8, 4) is 0 Å². The van der Waals surface area contributed by atoms with Gasteiger partial charge < -0.3 is 19.7 Å². The first kappa shape index (κ1) is 18.0. The summed E-state index contributed by atoms with van der Waals surface area (Å²) >= 11 is 0. The third-order valence-electron chi connectivity index (χ3n) is 4.80. The standard InChI is InChI=1S/C20H27N5O/c1-21-20(24(3)15-18-6-4-12-23(18)2)22-14-16-8-10-17(11-9-16)25-13-5-7-19(25)26/h4,6,8-12H,5,7,13-15H2,1-3H3,(H,21,22). The number of hydrogen-bond donors (Lipinski definition) is 1. The van der Waals surface area contributed by atoms with Crippen LogP contribution in [0.15, 0.2) is 47.6 Å². The topological polar surface area (TPSA) is 52.9 Å². The summed E-state index contributed by atoms with van der Waals surface area (Å²) in [5.41, 5.74) is 3.38. The molecule has 1 amide bonds. The number of hydrogen-bond acceptors (Lipinski definition) is 2. The molecule has 1 fully saturated rings. The van der Waals surface area contributed by atoms with Gasteiger partial charge in [0.25, 0.3) is 0 Å². The lowest BCUT2D eigenvalue weighted by Gasteiger charge is -2.22. The molecule has 0 atom stereocenters. The Bertz CT molecular complexity index is 778. The van der Waals surface area contributed by atoms with Crippen molar-refractivity contribution in [2.24, 2.45) is 12.0 Å². The third-order valence-corrected chi connectivity index (χ3v) is 4.80. The molecule has 2 aromatic rings. The van der Waals surface area contributed by atoms with Crippen molar-refractivity contribution in [1.29, 1.82) is 0 Å². The summed E-state index contributed by atoms with van der Waals surface area (Å²) in [7, 11) is 5.88. The highest BCUT2D eigenvalue weighted by Crippen LogP contribution is 2.21. The molecule has 0 saturated carbocycles. The van der Waals surface area contributed by atoms with Crippen molar-refractivity contribution >= 4 is 17.6 Å². The number of rotatable bonds is 5. The summed E-state index contributed by atoms with van der Waals surface area (Å²) in [6.07, 6.45) is 3.66. The first-order chi connectivity index (χ1) is 12.6. The van der Waals surface area contributed by atoms with Gasteiger partial charge in [-0.25, -0.2) is 0 Å². The zero-order valence-corrected chi connectivity index (χ0v) is 15.8. The Hall–Kier alpha value is -2.76. The molecule has 0 unspecified atom stereocenters. The quantitative estimate of drug-likeness (QED) is 0.663. The van der Waals surface area contributed by atoms with E-state index in [1.807, 2.05) is 43.4 Å². The Balaban J connectivity index is 1.56. The van der Waals surface area contributed by atoms with Crippen LogP contribution in [0, 0.1) is 0 Å². The van der Waals surface area contributed by atoms with Crippen LogP contribution >= 0.6 is 0 Å². The van der Waals surface area contributed by atoms with Crippen LogP contribution in [0.2, 0.25) is 0 Å². The minimum atomic E-state index is 0.221. The van der Waals surface area contributed by atoms with Gasteiger partial charge in [0, 0.05) is 58.2 Å². The van der Waals surface area contributed by atoms with Crippen molar-refractivity contribution in [3.63, 3.8) is 0 Å². The van der Waals surface area contributed by atoms with Gasteiger partial charge in [0.05, 0.1) is 6.54 Å². The molecule has 0 spiro atoms. The molecule has 1 saturated heterocycles. The normalized spacial score (nSPS) is 14.8. The lowest BCUT2D eigenvalue weighted by atomic mass is 10.2. The minimum Gasteiger partial charge on any atom is -0.353 e. The molecule has 1 aliphatic rings. The van der Waals surface area contributed by atoms with Gasteiger partial charge in [0.15, 0.2) is 5.96 Å². The van der Waals surface area contributed by atoms with E-state index in [2.05, 4.69) is 38.0 Å². The lowest BCUT2D eigenvalue weighted by Crippen LogP contribution is -2.38. The van der Waals surface area contributed by atoms with Gasteiger partial charge in [-0.15, -0.1) is 0 Å². The van der Waals surface area contributed by atoms with E-state index in [4.69, 9.17) is 0 Å². The molecule has 2 heterocycles. The predicted octanol–water partition coefficient (Wildman–Crippen LogP) is 2.36. The van der Waals surface area contributed by atoms with Crippen LogP contribution in [0.25, 0.3) is 0 Å². The van der Waals surface area contributed by atoms with Crippen molar-refractivity contribution < 1.29 is 4.79 Å². The Morgan fingerprint density at radius 1 is 1.27 bits per heavy atom. The number of nitrogens with one attached hydrogen (secondary N) is 1. The molecule has 1 N–H and O–H groups in total. The lowest BCUT2D eigenvalue weighted by molar-refractivity contribution is -0.117. The summed E-state index contributed by atoms with van der Waals surface area (Å²) < 4.78 is 2.11. The zero-order chi connectivity index (χ0) is 18.5. The maximum atomic E-state index is 11.8. The number of guanidine groups is 1. The number of aryl methyl sites for hydroxylation is 1. The van der Waals surface area contributed by atoms with Gasteiger partial charge in [-0.1, -0.05) is 12.1 Å². The number of aromatic nitrogens is 1. The van der Waals surface area contributed by atoms with Crippen LogP contribution in [0.5, 0.6) is 0 Å². The predicted molar refractivity (Wildman–Crippen MR) is 105 cm³/mol. The van der Waals surface area contributed by atoms with Crippen LogP contribution in [0.1, 0.15) is 24.1 Å². The second-order valence-corrected chi connectivity index (χ2v) is 6.68. The maximum Gasteiger partial charge on any atom is 0.227 e. The van der Waals surface area contributed by atoms with Gasteiger partial charge in [-0.3, -0.25) is 9.79 Å². The number of benzene rings is 1. The first-order valence-electron chi connectivity index (χ1n) is 9.00. The second kappa shape index (κ2) is 8.08. The molecule has 1 aromatic carbocycles. The smallest absolute Gasteiger partial charge is 0.227 e. The Morgan fingerprint density at radius 2 is 2.04 bits per heavy atom. The highest BCUT2D eigenvalue weighted by molar-refractivity contribution is 5.95. The Labute approximate surface area is 155 Å². The summed E-state index contributed by atoms with van der Waals surface area (Å²) in [5, 5.41) is 3.40. The number of carbonyl (C=O) groups is 1. The summed E-state index contributed by atoms with van der Waals surface area (Å²) in [4.78, 5) is 20.2. The van der Waals surface area contributed by atoms with Gasteiger partial charge >= 0.3 is 0 Å². The molecule has 6 nitrogen and oxygen atoms in total. The van der Waals surface area contributed by atoms with Crippen LogP contribution in [0.4, 0.5) is 5.69 Å². The van der Waals surface area contributed by atoms with Crippen LogP contribution in [-0.2, 0) is 24.9 Å². The highest BCUT2D eigenvalue weighted by atomic mass is 16.2. The third kappa shape index (κ3) is 4.07. The summed E-state index contributed by atoms with van der Waals surface area (Å²) in [5.74, 6) is 1.07. The summed E-state index contributed by atoms with van der Waals surface area (Å²) in [6, 6.07) is 12.3. The van der Waals surface area contributed by atoms with E-state index in [1.165, 1.54) is 5.69 Å². The molecule has 0 radical (unpaired) electrons. The fraction of sp³-hybridized carbons (Fsp3) is 0.400. The molecule has 26 heavy (non-hydrogen) atoms. The molecule has 3 rings (SSSR count). The van der Waals surface area contributed by atoms with E-state index in [1.54, 1.807) is 7.05 Å². The van der Waals surface area contributed by atoms with E-state index in [0.717, 1.165) is 36.7 Å². The van der Waals surface area contributed by atoms with Crippen molar-refractivity contribution in [2.45, 2.75) is 25.9 Å². The molecule has 0 bridgehead atoms. The average Bonchev–Trinajstić information content (AvgIpc) is 3.24. The van der Waals surface area contributed by atoms with Gasteiger partial charge in [0.2, 0.25) is 5.91 Å². The number of aliphatic imine (C=N–C) groups is 1. The minimum absolute atomic E-state index is 0.221. The number of amides is 1. The Kier molecular flexibility index (Phi) is 5.61. The van der Waals surface area contributed by atoms with Crippen LogP contribution in [0.3, 0.4) is 0 Å².